The predicted molar refractivity (Wildman–Crippen MR) is 86.3 cm³/mol. The fraction of sp³-hybridized carbons (Fsp3) is 0.889. The Labute approximate surface area is 134 Å². The van der Waals surface area contributed by atoms with Crippen molar-refractivity contribution in [2.75, 3.05) is 26.2 Å². The first-order chi connectivity index (χ1) is 10.6. The van der Waals surface area contributed by atoms with Crippen LogP contribution in [0.5, 0.6) is 0 Å². The molecule has 1 aliphatic carbocycles. The van der Waals surface area contributed by atoms with E-state index < -0.39 is 0 Å². The summed E-state index contributed by atoms with van der Waals surface area (Å²) in [6.45, 7) is 5.24. The molecular formula is C18H30N2O2. The summed E-state index contributed by atoms with van der Waals surface area (Å²) >= 11 is 0. The van der Waals surface area contributed by atoms with E-state index in [0.717, 1.165) is 38.9 Å². The third-order valence-corrected chi connectivity index (χ3v) is 6.04. The second-order valence-electron chi connectivity index (χ2n) is 7.56. The minimum absolute atomic E-state index is 0.203. The van der Waals surface area contributed by atoms with Gasteiger partial charge in [-0.3, -0.25) is 9.59 Å². The number of carbonyl (C=O) groups excluding carboxylic acids is 2. The van der Waals surface area contributed by atoms with Crippen molar-refractivity contribution in [3.63, 3.8) is 0 Å². The van der Waals surface area contributed by atoms with Crippen LogP contribution < -0.4 is 0 Å². The zero-order chi connectivity index (χ0) is 15.6. The lowest BCUT2D eigenvalue weighted by Crippen LogP contribution is -2.51. The molecule has 3 rings (SSSR count). The normalized spacial score (nSPS) is 30.3. The summed E-state index contributed by atoms with van der Waals surface area (Å²) < 4.78 is 0. The molecule has 2 amide bonds. The monoisotopic (exact) mass is 306 g/mol. The molecule has 124 valence electrons. The van der Waals surface area contributed by atoms with Gasteiger partial charge in [0.25, 0.3) is 0 Å². The maximum atomic E-state index is 13.1. The van der Waals surface area contributed by atoms with Crippen LogP contribution in [0.2, 0.25) is 0 Å². The molecule has 1 saturated carbocycles. The number of hydrogen-bond acceptors (Lipinski definition) is 2. The molecule has 2 heterocycles. The van der Waals surface area contributed by atoms with Crippen molar-refractivity contribution < 1.29 is 9.59 Å². The minimum atomic E-state index is -0.252. The van der Waals surface area contributed by atoms with Gasteiger partial charge in [0, 0.05) is 32.6 Å². The van der Waals surface area contributed by atoms with Gasteiger partial charge in [0.05, 0.1) is 5.41 Å². The first kappa shape index (κ1) is 15.8. The van der Waals surface area contributed by atoms with Crippen molar-refractivity contribution in [1.82, 2.24) is 9.80 Å². The fourth-order valence-corrected chi connectivity index (χ4v) is 4.70. The van der Waals surface area contributed by atoms with Gasteiger partial charge in [-0.1, -0.05) is 26.2 Å². The van der Waals surface area contributed by atoms with Crippen LogP contribution in [0.1, 0.15) is 64.7 Å². The van der Waals surface area contributed by atoms with E-state index in [9.17, 15) is 9.59 Å². The first-order valence-corrected chi connectivity index (χ1v) is 9.22. The highest BCUT2D eigenvalue weighted by atomic mass is 16.2. The Kier molecular flexibility index (Phi) is 4.74. The molecule has 0 N–H and O–H groups in total. The average molecular weight is 306 g/mol. The largest absolute Gasteiger partial charge is 0.342 e. The molecule has 3 aliphatic rings. The van der Waals surface area contributed by atoms with E-state index in [2.05, 4.69) is 4.90 Å². The molecule has 0 bridgehead atoms. The van der Waals surface area contributed by atoms with Gasteiger partial charge in [-0.05, 0) is 38.0 Å². The zero-order valence-electron chi connectivity index (χ0n) is 14.0. The second-order valence-corrected chi connectivity index (χ2v) is 7.56. The second kappa shape index (κ2) is 6.59. The molecule has 0 aromatic heterocycles. The van der Waals surface area contributed by atoms with Crippen LogP contribution in [-0.4, -0.2) is 47.8 Å². The van der Waals surface area contributed by atoms with E-state index in [-0.39, 0.29) is 11.3 Å². The Morgan fingerprint density at radius 1 is 1.14 bits per heavy atom. The van der Waals surface area contributed by atoms with Crippen molar-refractivity contribution >= 4 is 11.8 Å². The number of hydrogen-bond donors (Lipinski definition) is 0. The lowest BCUT2D eigenvalue weighted by atomic mass is 9.77. The van der Waals surface area contributed by atoms with Crippen LogP contribution in [0.4, 0.5) is 0 Å². The smallest absolute Gasteiger partial charge is 0.230 e. The summed E-state index contributed by atoms with van der Waals surface area (Å²) in [4.78, 5) is 29.1. The predicted octanol–water partition coefficient (Wildman–Crippen LogP) is 2.82. The van der Waals surface area contributed by atoms with Gasteiger partial charge >= 0.3 is 0 Å². The Bertz CT molecular complexity index is 431. The topological polar surface area (TPSA) is 40.6 Å². The van der Waals surface area contributed by atoms with Gasteiger partial charge in [0.1, 0.15) is 0 Å². The third kappa shape index (κ3) is 3.02. The number of likely N-dealkylation sites (tertiary alicyclic amines) is 2. The van der Waals surface area contributed by atoms with E-state index in [0.29, 0.717) is 24.8 Å². The molecule has 0 radical (unpaired) electrons. The molecule has 4 heteroatoms. The summed E-state index contributed by atoms with van der Waals surface area (Å²) in [5.74, 6) is 1.26. The fourth-order valence-electron chi connectivity index (χ4n) is 4.70. The van der Waals surface area contributed by atoms with Crippen molar-refractivity contribution in [2.45, 2.75) is 64.7 Å². The number of carbonyl (C=O) groups is 2. The van der Waals surface area contributed by atoms with Crippen LogP contribution in [0.3, 0.4) is 0 Å². The van der Waals surface area contributed by atoms with Gasteiger partial charge in [-0.25, -0.2) is 0 Å². The van der Waals surface area contributed by atoms with E-state index >= 15 is 0 Å². The SMILES string of the molecule is CCC(=O)N1CC[C@]2(CCCN(CC3CCCCC3)C2=O)C1. The summed E-state index contributed by atoms with van der Waals surface area (Å²) in [6, 6.07) is 0. The van der Waals surface area contributed by atoms with Crippen molar-refractivity contribution in [2.24, 2.45) is 11.3 Å². The van der Waals surface area contributed by atoms with Crippen LogP contribution in [0.25, 0.3) is 0 Å². The lowest BCUT2D eigenvalue weighted by molar-refractivity contribution is -0.147. The molecule has 1 spiro atoms. The summed E-state index contributed by atoms with van der Waals surface area (Å²) in [5.41, 5.74) is -0.252. The summed E-state index contributed by atoms with van der Waals surface area (Å²) in [6.07, 6.45) is 10.1. The van der Waals surface area contributed by atoms with Gasteiger partial charge in [0.15, 0.2) is 0 Å². The van der Waals surface area contributed by atoms with Gasteiger partial charge in [0.2, 0.25) is 11.8 Å². The number of rotatable bonds is 3. The Morgan fingerprint density at radius 3 is 2.64 bits per heavy atom. The van der Waals surface area contributed by atoms with E-state index in [4.69, 9.17) is 0 Å². The minimum Gasteiger partial charge on any atom is -0.342 e. The summed E-state index contributed by atoms with van der Waals surface area (Å²) in [7, 11) is 0. The zero-order valence-corrected chi connectivity index (χ0v) is 14.0. The van der Waals surface area contributed by atoms with E-state index in [1.165, 1.54) is 32.1 Å². The quantitative estimate of drug-likeness (QED) is 0.804. The molecule has 0 aromatic carbocycles. The summed E-state index contributed by atoms with van der Waals surface area (Å²) in [5, 5.41) is 0. The maximum Gasteiger partial charge on any atom is 0.230 e. The Balaban J connectivity index is 1.64. The van der Waals surface area contributed by atoms with Crippen LogP contribution in [-0.2, 0) is 9.59 Å². The lowest BCUT2D eigenvalue weighted by Gasteiger charge is -2.41. The number of piperidine rings is 1. The van der Waals surface area contributed by atoms with Crippen LogP contribution in [0.15, 0.2) is 0 Å². The number of amides is 2. The van der Waals surface area contributed by atoms with Crippen LogP contribution in [0, 0.1) is 11.3 Å². The third-order valence-electron chi connectivity index (χ3n) is 6.04. The molecule has 0 aromatic rings. The highest BCUT2D eigenvalue weighted by Gasteiger charge is 2.49. The van der Waals surface area contributed by atoms with Gasteiger partial charge in [-0.15, -0.1) is 0 Å². The highest BCUT2D eigenvalue weighted by Crippen LogP contribution is 2.41. The van der Waals surface area contributed by atoms with Crippen molar-refractivity contribution in [3.8, 4) is 0 Å². The van der Waals surface area contributed by atoms with Gasteiger partial charge in [-0.2, -0.15) is 0 Å². The van der Waals surface area contributed by atoms with E-state index in [1.807, 2.05) is 11.8 Å². The molecule has 3 fully saturated rings. The molecule has 2 aliphatic heterocycles. The standard InChI is InChI=1S/C18H30N2O2/c1-2-16(21)20-12-10-18(14-20)9-6-11-19(17(18)22)13-15-7-4-3-5-8-15/h15H,2-14H2,1H3/t18-/m1/s1. The molecule has 22 heavy (non-hydrogen) atoms. The molecule has 0 unspecified atom stereocenters. The highest BCUT2D eigenvalue weighted by molar-refractivity contribution is 5.86. The van der Waals surface area contributed by atoms with Crippen molar-refractivity contribution in [3.05, 3.63) is 0 Å². The van der Waals surface area contributed by atoms with Crippen molar-refractivity contribution in [1.29, 1.82) is 0 Å². The van der Waals surface area contributed by atoms with E-state index in [1.54, 1.807) is 0 Å². The molecular weight excluding hydrogens is 276 g/mol. The van der Waals surface area contributed by atoms with Gasteiger partial charge < -0.3 is 9.80 Å². The first-order valence-electron chi connectivity index (χ1n) is 9.22. The Morgan fingerprint density at radius 2 is 1.91 bits per heavy atom. The number of nitrogens with zero attached hydrogens (tertiary/aromatic N) is 2. The Hall–Kier alpha value is -1.06. The molecule has 1 atom stereocenters. The molecule has 2 saturated heterocycles. The maximum absolute atomic E-state index is 13.1. The molecule has 4 nitrogen and oxygen atoms in total. The average Bonchev–Trinajstić information content (AvgIpc) is 2.97. The van der Waals surface area contributed by atoms with Crippen LogP contribution >= 0.6 is 0 Å².